The highest BCUT2D eigenvalue weighted by atomic mass is 32.1. The SMILES string of the molecule is COC(C)c1nc(CN2CC3CC=CCC3C2)cs1. The summed E-state index contributed by atoms with van der Waals surface area (Å²) in [4.78, 5) is 7.27. The zero-order chi connectivity index (χ0) is 13.2. The Morgan fingerprint density at radius 1 is 1.37 bits per heavy atom. The van der Waals surface area contributed by atoms with Gasteiger partial charge in [-0.3, -0.25) is 4.90 Å². The van der Waals surface area contributed by atoms with Gasteiger partial charge in [-0.1, -0.05) is 12.2 Å². The first-order valence-corrected chi connectivity index (χ1v) is 7.98. The van der Waals surface area contributed by atoms with E-state index in [-0.39, 0.29) is 6.10 Å². The molecular weight excluding hydrogens is 256 g/mol. The average Bonchev–Trinajstić information content (AvgIpc) is 3.04. The smallest absolute Gasteiger partial charge is 0.122 e. The van der Waals surface area contributed by atoms with Crippen molar-refractivity contribution in [3.63, 3.8) is 0 Å². The molecule has 3 rings (SSSR count). The van der Waals surface area contributed by atoms with Crippen LogP contribution in [-0.4, -0.2) is 30.1 Å². The molecule has 0 spiro atoms. The minimum absolute atomic E-state index is 0.115. The standard InChI is InChI=1S/C15H22N2OS/c1-11(18-2)15-16-14(10-19-15)9-17-7-12-5-3-4-6-13(12)8-17/h3-4,10-13H,5-9H2,1-2H3. The summed E-state index contributed by atoms with van der Waals surface area (Å²) in [6.07, 6.45) is 7.36. The molecule has 0 amide bonds. The second-order valence-corrected chi connectivity index (χ2v) is 6.60. The van der Waals surface area contributed by atoms with Crippen LogP contribution in [0.5, 0.6) is 0 Å². The van der Waals surface area contributed by atoms with Crippen molar-refractivity contribution in [3.05, 3.63) is 28.2 Å². The van der Waals surface area contributed by atoms with Crippen molar-refractivity contribution >= 4 is 11.3 Å². The molecule has 1 saturated heterocycles. The predicted octanol–water partition coefficient (Wildman–Crippen LogP) is 3.25. The van der Waals surface area contributed by atoms with Gasteiger partial charge < -0.3 is 4.74 Å². The predicted molar refractivity (Wildman–Crippen MR) is 78.2 cm³/mol. The molecule has 3 nitrogen and oxygen atoms in total. The van der Waals surface area contributed by atoms with Crippen LogP contribution < -0.4 is 0 Å². The Morgan fingerprint density at radius 2 is 2.05 bits per heavy atom. The minimum atomic E-state index is 0.115. The first-order chi connectivity index (χ1) is 9.26. The van der Waals surface area contributed by atoms with Crippen molar-refractivity contribution in [1.29, 1.82) is 0 Å². The highest BCUT2D eigenvalue weighted by molar-refractivity contribution is 7.09. The molecule has 104 valence electrons. The molecule has 1 fully saturated rings. The van der Waals surface area contributed by atoms with Crippen molar-refractivity contribution in [1.82, 2.24) is 9.88 Å². The average molecular weight is 278 g/mol. The summed E-state index contributed by atoms with van der Waals surface area (Å²) < 4.78 is 5.32. The fraction of sp³-hybridized carbons (Fsp3) is 0.667. The third-order valence-electron chi connectivity index (χ3n) is 4.35. The molecule has 2 heterocycles. The van der Waals surface area contributed by atoms with E-state index in [1.165, 1.54) is 31.6 Å². The number of thiazole rings is 1. The third kappa shape index (κ3) is 2.91. The zero-order valence-corrected chi connectivity index (χ0v) is 12.5. The fourth-order valence-electron chi connectivity index (χ4n) is 3.15. The van der Waals surface area contributed by atoms with Crippen LogP contribution >= 0.6 is 11.3 Å². The molecule has 0 saturated carbocycles. The van der Waals surface area contributed by atoms with Crippen LogP contribution in [0.25, 0.3) is 0 Å². The van der Waals surface area contributed by atoms with Crippen LogP contribution in [0.3, 0.4) is 0 Å². The van der Waals surface area contributed by atoms with Crippen LogP contribution in [0.15, 0.2) is 17.5 Å². The van der Waals surface area contributed by atoms with E-state index in [0.29, 0.717) is 0 Å². The molecule has 3 unspecified atom stereocenters. The largest absolute Gasteiger partial charge is 0.375 e. The highest BCUT2D eigenvalue weighted by Gasteiger charge is 2.32. The Labute approximate surface area is 119 Å². The van der Waals surface area contributed by atoms with Gasteiger partial charge in [0, 0.05) is 32.1 Å². The lowest BCUT2D eigenvalue weighted by molar-refractivity contribution is 0.119. The molecule has 1 aromatic heterocycles. The van der Waals surface area contributed by atoms with Crippen LogP contribution in [0, 0.1) is 11.8 Å². The van der Waals surface area contributed by atoms with Gasteiger partial charge in [-0.25, -0.2) is 4.98 Å². The van der Waals surface area contributed by atoms with Gasteiger partial charge in [-0.2, -0.15) is 0 Å². The second-order valence-electron chi connectivity index (χ2n) is 5.71. The molecule has 1 aromatic rings. The molecule has 4 heteroatoms. The lowest BCUT2D eigenvalue weighted by Crippen LogP contribution is -2.20. The Hall–Kier alpha value is -0.710. The van der Waals surface area contributed by atoms with Gasteiger partial charge in [0.15, 0.2) is 0 Å². The minimum Gasteiger partial charge on any atom is -0.375 e. The van der Waals surface area contributed by atoms with Crippen molar-refractivity contribution in [2.45, 2.75) is 32.4 Å². The second kappa shape index (κ2) is 5.73. The summed E-state index contributed by atoms with van der Waals surface area (Å²) in [5.74, 6) is 1.75. The number of aromatic nitrogens is 1. The van der Waals surface area contributed by atoms with E-state index in [1.54, 1.807) is 18.4 Å². The molecule has 1 aliphatic carbocycles. The number of methoxy groups -OCH3 is 1. The zero-order valence-electron chi connectivity index (χ0n) is 11.7. The summed E-state index contributed by atoms with van der Waals surface area (Å²) in [5.41, 5.74) is 1.20. The van der Waals surface area contributed by atoms with Crippen molar-refractivity contribution in [2.24, 2.45) is 11.8 Å². The molecule has 2 aliphatic rings. The fourth-order valence-corrected chi connectivity index (χ4v) is 3.99. The summed E-state index contributed by atoms with van der Waals surface area (Å²) >= 11 is 1.72. The lowest BCUT2D eigenvalue weighted by atomic mass is 9.86. The quantitative estimate of drug-likeness (QED) is 0.791. The topological polar surface area (TPSA) is 25.4 Å². The van der Waals surface area contributed by atoms with E-state index in [0.717, 1.165) is 23.4 Å². The van der Waals surface area contributed by atoms with Gasteiger partial charge in [0.05, 0.1) is 5.69 Å². The van der Waals surface area contributed by atoms with E-state index < -0.39 is 0 Å². The number of hydrogen-bond donors (Lipinski definition) is 0. The first kappa shape index (κ1) is 13.3. The number of hydrogen-bond acceptors (Lipinski definition) is 4. The number of ether oxygens (including phenoxy) is 1. The molecule has 0 aromatic carbocycles. The van der Waals surface area contributed by atoms with Gasteiger partial charge in [0.2, 0.25) is 0 Å². The van der Waals surface area contributed by atoms with Crippen molar-refractivity contribution in [3.8, 4) is 0 Å². The number of rotatable bonds is 4. The Bertz CT molecular complexity index is 441. The van der Waals surface area contributed by atoms with Gasteiger partial charge in [0.25, 0.3) is 0 Å². The Balaban J connectivity index is 1.59. The maximum Gasteiger partial charge on any atom is 0.122 e. The number of nitrogens with zero attached hydrogens (tertiary/aromatic N) is 2. The summed E-state index contributed by atoms with van der Waals surface area (Å²) in [6.45, 7) is 5.53. The molecule has 0 bridgehead atoms. The molecule has 0 radical (unpaired) electrons. The van der Waals surface area contributed by atoms with E-state index in [4.69, 9.17) is 9.72 Å². The van der Waals surface area contributed by atoms with Crippen LogP contribution in [-0.2, 0) is 11.3 Å². The maximum atomic E-state index is 5.32. The Morgan fingerprint density at radius 3 is 2.68 bits per heavy atom. The maximum absolute atomic E-state index is 5.32. The van der Waals surface area contributed by atoms with Gasteiger partial charge in [-0.05, 0) is 31.6 Å². The number of fused-ring (bicyclic) bond motifs is 1. The molecular formula is C15H22N2OS. The van der Waals surface area contributed by atoms with Crippen LogP contribution in [0.4, 0.5) is 0 Å². The highest BCUT2D eigenvalue weighted by Crippen LogP contribution is 2.33. The van der Waals surface area contributed by atoms with Crippen LogP contribution in [0.2, 0.25) is 0 Å². The molecule has 19 heavy (non-hydrogen) atoms. The number of likely N-dealkylation sites (tertiary alicyclic amines) is 1. The van der Waals surface area contributed by atoms with Crippen molar-refractivity contribution < 1.29 is 4.74 Å². The van der Waals surface area contributed by atoms with Crippen molar-refractivity contribution in [2.75, 3.05) is 20.2 Å². The van der Waals surface area contributed by atoms with Gasteiger partial charge >= 0.3 is 0 Å². The summed E-state index contributed by atoms with van der Waals surface area (Å²) in [5, 5.41) is 3.28. The summed E-state index contributed by atoms with van der Waals surface area (Å²) in [7, 11) is 1.74. The van der Waals surface area contributed by atoms with E-state index in [1.807, 2.05) is 0 Å². The summed E-state index contributed by atoms with van der Waals surface area (Å²) in [6, 6.07) is 0. The molecule has 3 atom stereocenters. The van der Waals surface area contributed by atoms with Gasteiger partial charge in [-0.15, -0.1) is 11.3 Å². The number of allylic oxidation sites excluding steroid dienone is 2. The van der Waals surface area contributed by atoms with E-state index in [2.05, 4.69) is 29.4 Å². The van der Waals surface area contributed by atoms with Gasteiger partial charge in [0.1, 0.15) is 11.1 Å². The van der Waals surface area contributed by atoms with Crippen LogP contribution in [0.1, 0.15) is 36.6 Å². The lowest BCUT2D eigenvalue weighted by Gasteiger charge is -2.18. The van der Waals surface area contributed by atoms with E-state index >= 15 is 0 Å². The molecule has 0 N–H and O–H groups in total. The normalized spacial score (nSPS) is 28.5. The van der Waals surface area contributed by atoms with E-state index in [9.17, 15) is 0 Å². The Kier molecular flexibility index (Phi) is 4.01. The monoisotopic (exact) mass is 278 g/mol. The third-order valence-corrected chi connectivity index (χ3v) is 5.41. The first-order valence-electron chi connectivity index (χ1n) is 7.10. The molecule has 1 aliphatic heterocycles.